The number of hydrogen-bond donors (Lipinski definition) is 0. The third-order valence-electron chi connectivity index (χ3n) is 5.82. The first-order valence-corrected chi connectivity index (χ1v) is 12.1. The van der Waals surface area contributed by atoms with Crippen LogP contribution in [0.4, 0.5) is 0 Å². The van der Waals surface area contributed by atoms with E-state index in [2.05, 4.69) is 9.97 Å². The van der Waals surface area contributed by atoms with Crippen LogP contribution in [-0.4, -0.2) is 43.9 Å². The average Bonchev–Trinajstić information content (AvgIpc) is 3.33. The molecule has 2 aromatic carbocycles. The van der Waals surface area contributed by atoms with Crippen LogP contribution in [0.1, 0.15) is 29.2 Å². The lowest BCUT2D eigenvalue weighted by atomic mass is 9.97. The second-order valence-electron chi connectivity index (χ2n) is 8.15. The Labute approximate surface area is 206 Å². The lowest BCUT2D eigenvalue weighted by Crippen LogP contribution is -2.29. The summed E-state index contributed by atoms with van der Waals surface area (Å²) in [4.78, 5) is 34.0. The number of amides is 1. The van der Waals surface area contributed by atoms with Crippen molar-refractivity contribution in [1.29, 1.82) is 0 Å². The van der Waals surface area contributed by atoms with Crippen LogP contribution in [0.2, 0.25) is 0 Å². The molecule has 0 radical (unpaired) electrons. The fraction of sp³-hybridized carbons (Fsp3) is 0.192. The molecule has 35 heavy (non-hydrogen) atoms. The predicted octanol–water partition coefficient (Wildman–Crippen LogP) is 3.88. The van der Waals surface area contributed by atoms with E-state index >= 15 is 0 Å². The quantitative estimate of drug-likeness (QED) is 0.385. The number of hydrazone groups is 1. The lowest BCUT2D eigenvalue weighted by Gasteiger charge is -2.22. The standard InChI is InChI=1S/C26H23N5O3S/c1-17-6-8-19(9-7-17)22-15-21(18-10-12-20(34-2)13-11-18)29-31(22)24(32)16-35-25-27-23-5-3-4-14-30(23)26(33)28-25/h3-14,22H,15-16H2,1-2H3/t22-/m0/s1. The van der Waals surface area contributed by atoms with Gasteiger partial charge in [0.2, 0.25) is 0 Å². The first-order chi connectivity index (χ1) is 17.0. The third kappa shape index (κ3) is 4.81. The number of carbonyl (C=O) groups is 1. The Balaban J connectivity index is 1.40. The molecule has 2 aromatic heterocycles. The molecule has 1 amide bonds. The number of rotatable bonds is 6. The highest BCUT2D eigenvalue weighted by Gasteiger charge is 2.33. The molecule has 1 atom stereocenters. The molecule has 3 heterocycles. The van der Waals surface area contributed by atoms with Crippen molar-refractivity contribution in [1.82, 2.24) is 19.4 Å². The van der Waals surface area contributed by atoms with Crippen molar-refractivity contribution in [2.45, 2.75) is 24.5 Å². The maximum Gasteiger partial charge on any atom is 0.355 e. The van der Waals surface area contributed by atoms with E-state index in [9.17, 15) is 9.59 Å². The maximum atomic E-state index is 13.3. The van der Waals surface area contributed by atoms with Gasteiger partial charge in [-0.2, -0.15) is 10.1 Å². The first kappa shape index (κ1) is 22.8. The Morgan fingerprint density at radius 3 is 2.57 bits per heavy atom. The summed E-state index contributed by atoms with van der Waals surface area (Å²) in [5.41, 5.74) is 4.00. The number of thioether (sulfide) groups is 1. The zero-order chi connectivity index (χ0) is 24.4. The minimum absolute atomic E-state index is 0.0597. The van der Waals surface area contributed by atoms with Gasteiger partial charge in [0, 0.05) is 12.6 Å². The average molecular weight is 486 g/mol. The van der Waals surface area contributed by atoms with Crippen LogP contribution in [0, 0.1) is 6.92 Å². The number of fused-ring (bicyclic) bond motifs is 1. The number of aryl methyl sites for hydroxylation is 1. The molecule has 1 aliphatic heterocycles. The Bertz CT molecular complexity index is 1470. The fourth-order valence-electron chi connectivity index (χ4n) is 3.95. The normalized spacial score (nSPS) is 15.3. The summed E-state index contributed by atoms with van der Waals surface area (Å²) in [6.07, 6.45) is 2.21. The molecule has 0 aliphatic carbocycles. The summed E-state index contributed by atoms with van der Waals surface area (Å²) < 4.78 is 6.63. The molecule has 0 spiro atoms. The van der Waals surface area contributed by atoms with Gasteiger partial charge in [-0.15, -0.1) is 0 Å². The minimum atomic E-state index is -0.427. The van der Waals surface area contributed by atoms with E-state index in [1.807, 2.05) is 55.5 Å². The number of pyridine rings is 1. The van der Waals surface area contributed by atoms with Crippen LogP contribution < -0.4 is 10.4 Å². The van der Waals surface area contributed by atoms with Crippen molar-refractivity contribution in [3.8, 4) is 5.75 Å². The molecule has 0 N–H and O–H groups in total. The number of nitrogens with zero attached hydrogens (tertiary/aromatic N) is 5. The van der Waals surface area contributed by atoms with Crippen LogP contribution >= 0.6 is 11.8 Å². The third-order valence-corrected chi connectivity index (χ3v) is 6.65. The van der Waals surface area contributed by atoms with Crippen molar-refractivity contribution in [2.24, 2.45) is 5.10 Å². The lowest BCUT2D eigenvalue weighted by molar-refractivity contribution is -0.130. The second-order valence-corrected chi connectivity index (χ2v) is 9.09. The first-order valence-electron chi connectivity index (χ1n) is 11.1. The molecule has 0 saturated carbocycles. The summed E-state index contributed by atoms with van der Waals surface area (Å²) in [6, 6.07) is 20.9. The Hall–Kier alpha value is -3.98. The van der Waals surface area contributed by atoms with Crippen LogP contribution in [0.15, 0.2) is 88.0 Å². The van der Waals surface area contributed by atoms with Crippen LogP contribution in [0.3, 0.4) is 0 Å². The Morgan fingerprint density at radius 2 is 1.83 bits per heavy atom. The summed E-state index contributed by atoms with van der Waals surface area (Å²) >= 11 is 1.13. The van der Waals surface area contributed by atoms with E-state index in [0.29, 0.717) is 12.1 Å². The van der Waals surface area contributed by atoms with Gasteiger partial charge in [0.05, 0.1) is 24.6 Å². The number of hydrogen-bond acceptors (Lipinski definition) is 7. The van der Waals surface area contributed by atoms with E-state index in [1.165, 1.54) is 4.40 Å². The van der Waals surface area contributed by atoms with Crippen LogP contribution in [-0.2, 0) is 4.79 Å². The van der Waals surface area contributed by atoms with Crippen molar-refractivity contribution < 1.29 is 9.53 Å². The molecule has 176 valence electrons. The smallest absolute Gasteiger partial charge is 0.355 e. The van der Waals surface area contributed by atoms with E-state index in [4.69, 9.17) is 9.84 Å². The molecule has 9 heteroatoms. The number of methoxy groups -OCH3 is 1. The summed E-state index contributed by atoms with van der Waals surface area (Å²) in [5, 5.41) is 6.52. The molecule has 8 nitrogen and oxygen atoms in total. The molecule has 4 aromatic rings. The van der Waals surface area contributed by atoms with E-state index < -0.39 is 5.69 Å². The zero-order valence-electron chi connectivity index (χ0n) is 19.3. The van der Waals surface area contributed by atoms with E-state index in [0.717, 1.165) is 39.9 Å². The van der Waals surface area contributed by atoms with Crippen LogP contribution in [0.25, 0.3) is 5.65 Å². The fourth-order valence-corrected chi connectivity index (χ4v) is 4.63. The zero-order valence-corrected chi connectivity index (χ0v) is 20.1. The van der Waals surface area contributed by atoms with E-state index in [1.54, 1.807) is 36.5 Å². The molecule has 0 fully saturated rings. The van der Waals surface area contributed by atoms with Gasteiger partial charge < -0.3 is 4.74 Å². The molecular weight excluding hydrogens is 462 g/mol. The highest BCUT2D eigenvalue weighted by Crippen LogP contribution is 2.34. The largest absolute Gasteiger partial charge is 0.497 e. The Morgan fingerprint density at radius 1 is 1.06 bits per heavy atom. The summed E-state index contributed by atoms with van der Waals surface area (Å²) in [7, 11) is 1.63. The molecule has 0 bridgehead atoms. The number of ether oxygens (including phenoxy) is 1. The van der Waals surface area contributed by atoms with Gasteiger partial charge in [0.15, 0.2) is 5.16 Å². The number of benzene rings is 2. The van der Waals surface area contributed by atoms with Crippen molar-refractivity contribution in [3.05, 3.63) is 100 Å². The van der Waals surface area contributed by atoms with Crippen molar-refractivity contribution in [2.75, 3.05) is 12.9 Å². The van der Waals surface area contributed by atoms with Gasteiger partial charge in [-0.3, -0.25) is 9.20 Å². The molecule has 0 saturated heterocycles. The highest BCUT2D eigenvalue weighted by atomic mass is 32.2. The highest BCUT2D eigenvalue weighted by molar-refractivity contribution is 7.99. The van der Waals surface area contributed by atoms with Gasteiger partial charge in [-0.1, -0.05) is 47.7 Å². The molecule has 5 rings (SSSR count). The van der Waals surface area contributed by atoms with Crippen molar-refractivity contribution >= 4 is 29.0 Å². The van der Waals surface area contributed by atoms with Crippen molar-refractivity contribution in [3.63, 3.8) is 0 Å². The topological polar surface area (TPSA) is 89.2 Å². The number of aromatic nitrogens is 3. The van der Waals surface area contributed by atoms with Gasteiger partial charge in [0.1, 0.15) is 11.4 Å². The predicted molar refractivity (Wildman–Crippen MR) is 135 cm³/mol. The summed E-state index contributed by atoms with van der Waals surface area (Å²) in [6.45, 7) is 2.03. The maximum absolute atomic E-state index is 13.3. The van der Waals surface area contributed by atoms with Gasteiger partial charge in [-0.25, -0.2) is 14.8 Å². The van der Waals surface area contributed by atoms with Gasteiger partial charge in [-0.05, 0) is 54.4 Å². The van der Waals surface area contributed by atoms with Gasteiger partial charge >= 0.3 is 5.69 Å². The molecule has 1 aliphatic rings. The van der Waals surface area contributed by atoms with Crippen LogP contribution in [0.5, 0.6) is 5.75 Å². The molecule has 0 unspecified atom stereocenters. The monoisotopic (exact) mass is 485 g/mol. The SMILES string of the molecule is COc1ccc(C2=NN(C(=O)CSc3nc(=O)n4ccccc4n3)[C@H](c3ccc(C)cc3)C2)cc1. The minimum Gasteiger partial charge on any atom is -0.497 e. The van der Waals surface area contributed by atoms with Gasteiger partial charge in [0.25, 0.3) is 5.91 Å². The number of carbonyl (C=O) groups excluding carboxylic acids is 1. The summed E-state index contributed by atoms with van der Waals surface area (Å²) in [5.74, 6) is 0.642. The second kappa shape index (κ2) is 9.71. The van der Waals surface area contributed by atoms with E-state index in [-0.39, 0.29) is 22.9 Å². The Kier molecular flexibility index (Phi) is 6.33. The molecular formula is C26H23N5O3S.